The summed E-state index contributed by atoms with van der Waals surface area (Å²) in [6.07, 6.45) is 0. The third kappa shape index (κ3) is 5.21. The molecule has 1 atom stereocenters. The Labute approximate surface area is 196 Å². The summed E-state index contributed by atoms with van der Waals surface area (Å²) in [5.41, 5.74) is 1.72. The zero-order valence-electron chi connectivity index (χ0n) is 17.7. The molecule has 2 aromatic rings. The Morgan fingerprint density at radius 1 is 1.09 bits per heavy atom. The third-order valence-corrected chi connectivity index (χ3v) is 5.51. The van der Waals surface area contributed by atoms with Crippen molar-refractivity contribution in [2.24, 2.45) is 5.92 Å². The highest BCUT2D eigenvalue weighted by Crippen LogP contribution is 2.41. The van der Waals surface area contributed by atoms with Crippen molar-refractivity contribution in [2.45, 2.75) is 19.8 Å². The van der Waals surface area contributed by atoms with Crippen LogP contribution >= 0.6 is 23.2 Å². The van der Waals surface area contributed by atoms with Crippen LogP contribution in [-0.2, 0) is 19.1 Å². The number of aliphatic hydroxyl groups excluding tert-OH is 1. The summed E-state index contributed by atoms with van der Waals surface area (Å²) >= 11 is 12.2. The van der Waals surface area contributed by atoms with Crippen LogP contribution in [0.5, 0.6) is 0 Å². The topological polar surface area (TPSA) is 92.7 Å². The quantitative estimate of drug-likeness (QED) is 0.469. The van der Waals surface area contributed by atoms with Gasteiger partial charge in [0.15, 0.2) is 5.78 Å². The summed E-state index contributed by atoms with van der Waals surface area (Å²) in [6.45, 7) is 3.07. The van der Waals surface area contributed by atoms with E-state index in [0.29, 0.717) is 26.7 Å². The number of nitrogens with one attached hydrogen (secondary N) is 1. The Kier molecular flexibility index (Phi) is 7.72. The van der Waals surface area contributed by atoms with Gasteiger partial charge in [-0.15, -0.1) is 0 Å². The molecule has 168 valence electrons. The molecule has 2 N–H and O–H groups in total. The van der Waals surface area contributed by atoms with Crippen LogP contribution in [0, 0.1) is 5.92 Å². The minimum atomic E-state index is -0.788. The lowest BCUT2D eigenvalue weighted by atomic mass is 9.74. The van der Waals surface area contributed by atoms with Gasteiger partial charge in [0, 0.05) is 15.6 Å². The minimum Gasteiger partial charge on any atom is -0.464 e. The van der Waals surface area contributed by atoms with Crippen LogP contribution in [0.1, 0.15) is 36.5 Å². The van der Waals surface area contributed by atoms with Crippen molar-refractivity contribution in [1.82, 2.24) is 5.32 Å². The van der Waals surface area contributed by atoms with Gasteiger partial charge in [-0.3, -0.25) is 14.4 Å². The van der Waals surface area contributed by atoms with E-state index in [9.17, 15) is 19.5 Å². The van der Waals surface area contributed by atoms with Gasteiger partial charge in [-0.25, -0.2) is 0 Å². The molecule has 1 aliphatic rings. The molecule has 32 heavy (non-hydrogen) atoms. The molecule has 8 heteroatoms. The maximum absolute atomic E-state index is 13.5. The van der Waals surface area contributed by atoms with E-state index in [1.54, 1.807) is 42.5 Å². The van der Waals surface area contributed by atoms with Crippen LogP contribution in [-0.4, -0.2) is 42.5 Å². The summed E-state index contributed by atoms with van der Waals surface area (Å²) < 4.78 is 5.06. The number of amides is 1. The fourth-order valence-corrected chi connectivity index (χ4v) is 3.86. The average molecular weight is 476 g/mol. The molecule has 1 amide bonds. The molecule has 2 aromatic carbocycles. The molecule has 0 aliphatic heterocycles. The molecule has 0 heterocycles. The Balaban J connectivity index is 1.99. The zero-order valence-corrected chi connectivity index (χ0v) is 19.2. The van der Waals surface area contributed by atoms with Crippen molar-refractivity contribution in [3.8, 4) is 0 Å². The molecule has 6 nitrogen and oxygen atoms in total. The summed E-state index contributed by atoms with van der Waals surface area (Å²) in [5, 5.41) is 13.4. The smallest absolute Gasteiger partial charge is 0.325 e. The SMILES string of the molecule is CC(C)COC(=O)CNC(=O)C1=C(CO)c2cc(Cl)ccc2C(c2ccc(Cl)cc2)C1=O. The van der Waals surface area contributed by atoms with Gasteiger partial charge in [0.1, 0.15) is 6.54 Å². The molecule has 0 aromatic heterocycles. The van der Waals surface area contributed by atoms with Crippen LogP contribution in [0.25, 0.3) is 5.57 Å². The van der Waals surface area contributed by atoms with Crippen LogP contribution < -0.4 is 5.32 Å². The van der Waals surface area contributed by atoms with Crippen LogP contribution in [0.3, 0.4) is 0 Å². The number of halogens is 2. The van der Waals surface area contributed by atoms with E-state index >= 15 is 0 Å². The molecular formula is C24H23Cl2NO5. The molecule has 0 spiro atoms. The van der Waals surface area contributed by atoms with Gasteiger partial charge < -0.3 is 15.2 Å². The first-order valence-electron chi connectivity index (χ1n) is 10.1. The first kappa shape index (κ1) is 24.0. The second-order valence-corrected chi connectivity index (χ2v) is 8.72. The van der Waals surface area contributed by atoms with Gasteiger partial charge in [0.25, 0.3) is 5.91 Å². The normalized spacial score (nSPS) is 15.6. The van der Waals surface area contributed by atoms with Gasteiger partial charge in [-0.2, -0.15) is 0 Å². The van der Waals surface area contributed by atoms with E-state index in [-0.39, 0.29) is 23.7 Å². The molecule has 3 rings (SSSR count). The van der Waals surface area contributed by atoms with Crippen molar-refractivity contribution in [2.75, 3.05) is 19.8 Å². The number of esters is 1. The lowest BCUT2D eigenvalue weighted by Gasteiger charge is -2.28. The van der Waals surface area contributed by atoms with Crippen LogP contribution in [0.4, 0.5) is 0 Å². The Morgan fingerprint density at radius 2 is 1.75 bits per heavy atom. The number of benzene rings is 2. The first-order valence-corrected chi connectivity index (χ1v) is 10.9. The molecule has 0 saturated heterocycles. The fraction of sp³-hybridized carbons (Fsp3) is 0.292. The van der Waals surface area contributed by atoms with Crippen molar-refractivity contribution in [3.05, 3.63) is 74.8 Å². The summed E-state index contributed by atoms with van der Waals surface area (Å²) in [6, 6.07) is 11.7. The van der Waals surface area contributed by atoms with E-state index < -0.39 is 36.7 Å². The van der Waals surface area contributed by atoms with Gasteiger partial charge >= 0.3 is 5.97 Å². The largest absolute Gasteiger partial charge is 0.464 e. The molecular weight excluding hydrogens is 453 g/mol. The second-order valence-electron chi connectivity index (χ2n) is 7.85. The van der Waals surface area contributed by atoms with E-state index in [0.717, 1.165) is 0 Å². The maximum Gasteiger partial charge on any atom is 0.325 e. The van der Waals surface area contributed by atoms with E-state index in [1.165, 1.54) is 0 Å². The van der Waals surface area contributed by atoms with Gasteiger partial charge in [0.2, 0.25) is 0 Å². The number of hydrogen-bond donors (Lipinski definition) is 2. The number of Topliss-reactive ketones (excluding diaryl/α,β-unsaturated/α-hetero) is 1. The number of ketones is 1. The molecule has 0 bridgehead atoms. The van der Waals surface area contributed by atoms with Crippen molar-refractivity contribution < 1.29 is 24.2 Å². The number of ether oxygens (including phenoxy) is 1. The average Bonchev–Trinajstić information content (AvgIpc) is 2.76. The lowest BCUT2D eigenvalue weighted by Crippen LogP contribution is -2.38. The standard InChI is InChI=1S/C24H23Cl2NO5/c1-13(2)12-32-20(29)10-27-24(31)22-19(11-28)18-9-16(26)7-8-17(18)21(23(22)30)14-3-5-15(25)6-4-14/h3-9,13,21,28H,10-12H2,1-2H3,(H,27,31). The number of hydrogen-bond acceptors (Lipinski definition) is 5. The summed E-state index contributed by atoms with van der Waals surface area (Å²) in [7, 11) is 0. The highest BCUT2D eigenvalue weighted by molar-refractivity contribution is 6.32. The first-order chi connectivity index (χ1) is 15.2. The van der Waals surface area contributed by atoms with Crippen molar-refractivity contribution in [3.63, 3.8) is 0 Å². The summed E-state index contributed by atoms with van der Waals surface area (Å²) in [5.74, 6) is -2.49. The minimum absolute atomic E-state index is 0.152. The van der Waals surface area contributed by atoms with Crippen molar-refractivity contribution in [1.29, 1.82) is 0 Å². The number of carbonyl (C=O) groups is 3. The molecule has 0 saturated carbocycles. The number of rotatable bonds is 7. The second kappa shape index (κ2) is 10.3. The molecule has 0 fully saturated rings. The Bertz CT molecular complexity index is 1080. The van der Waals surface area contributed by atoms with Gasteiger partial charge in [-0.1, -0.05) is 55.2 Å². The number of aliphatic hydroxyl groups is 1. The van der Waals surface area contributed by atoms with Crippen LogP contribution in [0.2, 0.25) is 10.0 Å². The highest BCUT2D eigenvalue weighted by Gasteiger charge is 2.38. The molecule has 1 aliphatic carbocycles. The maximum atomic E-state index is 13.5. The fourth-order valence-electron chi connectivity index (χ4n) is 3.56. The molecule has 1 unspecified atom stereocenters. The zero-order chi connectivity index (χ0) is 23.4. The Morgan fingerprint density at radius 3 is 2.38 bits per heavy atom. The predicted octanol–water partition coefficient (Wildman–Crippen LogP) is 3.77. The van der Waals surface area contributed by atoms with Crippen LogP contribution in [0.15, 0.2) is 48.0 Å². The van der Waals surface area contributed by atoms with E-state index in [1.807, 2.05) is 13.8 Å². The summed E-state index contributed by atoms with van der Waals surface area (Å²) in [4.78, 5) is 38.4. The van der Waals surface area contributed by atoms with E-state index in [4.69, 9.17) is 27.9 Å². The predicted molar refractivity (Wildman–Crippen MR) is 123 cm³/mol. The van der Waals surface area contributed by atoms with Gasteiger partial charge in [-0.05, 0) is 46.9 Å². The third-order valence-electron chi connectivity index (χ3n) is 5.02. The van der Waals surface area contributed by atoms with E-state index in [2.05, 4.69) is 5.32 Å². The number of fused-ring (bicyclic) bond motifs is 1. The van der Waals surface area contributed by atoms with Gasteiger partial charge in [0.05, 0.1) is 24.7 Å². The number of carbonyl (C=O) groups excluding carboxylic acids is 3. The Hall–Kier alpha value is -2.67. The molecule has 0 radical (unpaired) electrons. The van der Waals surface area contributed by atoms with Crippen molar-refractivity contribution >= 4 is 46.4 Å². The monoisotopic (exact) mass is 475 g/mol. The highest BCUT2D eigenvalue weighted by atomic mass is 35.5. The lowest BCUT2D eigenvalue weighted by molar-refractivity contribution is -0.144.